The first-order chi connectivity index (χ1) is 27.6. The third-order valence-electron chi connectivity index (χ3n) is 15.1. The van der Waals surface area contributed by atoms with Crippen LogP contribution in [0.1, 0.15) is 44.1 Å². The predicted octanol–water partition coefficient (Wildman–Crippen LogP) is 12.8. The SMILES string of the molecule is c1ccc(-c2ccc(-c3nc(-c4ccc(-c5ccccc5)cc4)nc(-c4ccc(-c5ccc(C67CC8C9CC%10CC8C(C6)C(C%10)C9C7)cc5)cc4)n3)cc2)cc1. The zero-order valence-electron chi connectivity index (χ0n) is 31.6. The van der Waals surface area contributed by atoms with Crippen LogP contribution in [0.3, 0.4) is 0 Å². The van der Waals surface area contributed by atoms with Crippen LogP contribution in [-0.4, -0.2) is 15.0 Å². The fraction of sp³-hybridized carbons (Fsp3) is 0.264. The molecule has 7 aromatic rings. The van der Waals surface area contributed by atoms with E-state index in [-0.39, 0.29) is 0 Å². The summed E-state index contributed by atoms with van der Waals surface area (Å²) in [5, 5.41) is 0. The number of rotatable bonds is 7. The molecular weight excluding hydrogens is 679 g/mol. The van der Waals surface area contributed by atoms with Gasteiger partial charge in [-0.2, -0.15) is 0 Å². The molecule has 1 aromatic heterocycles. The highest BCUT2D eigenvalue weighted by Gasteiger charge is 2.67. The van der Waals surface area contributed by atoms with Crippen molar-refractivity contribution >= 4 is 0 Å². The van der Waals surface area contributed by atoms with Gasteiger partial charge in [-0.1, -0.05) is 158 Å². The molecule has 7 saturated carbocycles. The second-order valence-corrected chi connectivity index (χ2v) is 17.8. The Balaban J connectivity index is 0.849. The highest BCUT2D eigenvalue weighted by Crippen LogP contribution is 2.74. The van der Waals surface area contributed by atoms with Crippen LogP contribution >= 0.6 is 0 Å². The lowest BCUT2D eigenvalue weighted by Crippen LogP contribution is -2.66. The van der Waals surface area contributed by atoms with E-state index in [0.717, 1.165) is 58.1 Å². The lowest BCUT2D eigenvalue weighted by molar-refractivity contribution is -0.212. The van der Waals surface area contributed by atoms with E-state index in [0.29, 0.717) is 22.9 Å². The van der Waals surface area contributed by atoms with Gasteiger partial charge in [0.1, 0.15) is 0 Å². The maximum atomic E-state index is 5.08. The summed E-state index contributed by atoms with van der Waals surface area (Å²) in [6.07, 6.45) is 9.01. The molecule has 272 valence electrons. The standard InChI is InChI=1S/C53H45N3/c1-3-7-34(8-4-1)36-11-17-40(18-12-36)50-54-51(41-19-13-37(14-20-41)35-9-5-2-6-10-35)56-52(55-50)42-21-15-38(16-22-42)39-23-25-43(26-24-39)53-30-47-44-27-33-28-45(47)49(32-53)46(29-33)48(44)31-53/h1-26,33,44-49H,27-32H2. The molecule has 7 aliphatic carbocycles. The van der Waals surface area contributed by atoms with Crippen LogP contribution in [-0.2, 0) is 5.41 Å². The fourth-order valence-corrected chi connectivity index (χ4v) is 12.7. The van der Waals surface area contributed by atoms with Crippen LogP contribution in [0.25, 0.3) is 67.5 Å². The number of aromatic nitrogens is 3. The second kappa shape index (κ2) is 12.7. The van der Waals surface area contributed by atoms with Gasteiger partial charge < -0.3 is 0 Å². The monoisotopic (exact) mass is 723 g/mol. The molecule has 0 amide bonds. The summed E-state index contributed by atoms with van der Waals surface area (Å²) in [6, 6.07) is 56.6. The molecule has 0 aliphatic heterocycles. The van der Waals surface area contributed by atoms with E-state index in [1.807, 2.05) is 0 Å². The topological polar surface area (TPSA) is 38.7 Å². The highest BCUT2D eigenvalue weighted by atomic mass is 15.0. The minimum Gasteiger partial charge on any atom is -0.208 e. The van der Waals surface area contributed by atoms with Crippen molar-refractivity contribution in [3.8, 4) is 67.5 Å². The van der Waals surface area contributed by atoms with Crippen molar-refractivity contribution in [1.29, 1.82) is 0 Å². The van der Waals surface area contributed by atoms with Crippen LogP contribution in [0, 0.1) is 41.4 Å². The summed E-state index contributed by atoms with van der Waals surface area (Å²) < 4.78 is 0. The zero-order chi connectivity index (χ0) is 36.8. The quantitative estimate of drug-likeness (QED) is 0.164. The Hall–Kier alpha value is -5.67. The molecular formula is C53H45N3. The first-order valence-corrected chi connectivity index (χ1v) is 20.9. The van der Waals surface area contributed by atoms with Gasteiger partial charge in [0.2, 0.25) is 0 Å². The molecule has 8 bridgehead atoms. The number of hydrogen-bond acceptors (Lipinski definition) is 3. The van der Waals surface area contributed by atoms with E-state index >= 15 is 0 Å². The van der Waals surface area contributed by atoms with E-state index < -0.39 is 0 Å². The minimum atomic E-state index is 0.425. The Morgan fingerprint density at radius 2 is 0.589 bits per heavy atom. The van der Waals surface area contributed by atoms with Gasteiger partial charge in [0.15, 0.2) is 17.5 Å². The van der Waals surface area contributed by atoms with E-state index in [2.05, 4.69) is 158 Å². The van der Waals surface area contributed by atoms with Crippen molar-refractivity contribution < 1.29 is 0 Å². The van der Waals surface area contributed by atoms with Crippen molar-refractivity contribution in [3.05, 3.63) is 163 Å². The van der Waals surface area contributed by atoms with Crippen molar-refractivity contribution in [2.24, 2.45) is 41.4 Å². The minimum absolute atomic E-state index is 0.425. The van der Waals surface area contributed by atoms with E-state index in [9.17, 15) is 0 Å². The molecule has 0 radical (unpaired) electrons. The Bertz CT molecular complexity index is 2380. The summed E-state index contributed by atoms with van der Waals surface area (Å²) in [5.74, 6) is 9.26. The Labute approximate surface area is 330 Å². The molecule has 0 N–H and O–H groups in total. The maximum absolute atomic E-state index is 5.08. The van der Waals surface area contributed by atoms with E-state index in [1.165, 1.54) is 52.6 Å². The Morgan fingerprint density at radius 1 is 0.304 bits per heavy atom. The van der Waals surface area contributed by atoms with Crippen molar-refractivity contribution in [2.45, 2.75) is 43.9 Å². The normalized spacial score (nSPS) is 27.8. The van der Waals surface area contributed by atoms with Gasteiger partial charge in [-0.15, -0.1) is 0 Å². The molecule has 7 fully saturated rings. The van der Waals surface area contributed by atoms with Crippen molar-refractivity contribution in [1.82, 2.24) is 15.0 Å². The van der Waals surface area contributed by atoms with Gasteiger partial charge in [0.05, 0.1) is 0 Å². The third-order valence-corrected chi connectivity index (χ3v) is 15.1. The van der Waals surface area contributed by atoms with Gasteiger partial charge >= 0.3 is 0 Å². The first-order valence-electron chi connectivity index (χ1n) is 20.9. The summed E-state index contributed by atoms with van der Waals surface area (Å²) >= 11 is 0. The lowest BCUT2D eigenvalue weighted by Gasteiger charge is -2.72. The van der Waals surface area contributed by atoms with Gasteiger partial charge in [0.25, 0.3) is 0 Å². The third kappa shape index (κ3) is 5.27. The lowest BCUT2D eigenvalue weighted by atomic mass is 9.32. The summed E-state index contributed by atoms with van der Waals surface area (Å²) in [7, 11) is 0. The molecule has 3 heteroatoms. The van der Waals surface area contributed by atoms with Crippen LogP contribution in [0.4, 0.5) is 0 Å². The fourth-order valence-electron chi connectivity index (χ4n) is 12.7. The molecule has 0 spiro atoms. The maximum Gasteiger partial charge on any atom is 0.164 e. The summed E-state index contributed by atoms with van der Waals surface area (Å²) in [4.78, 5) is 15.2. The largest absolute Gasteiger partial charge is 0.208 e. The molecule has 0 saturated heterocycles. The molecule has 0 atom stereocenters. The average molecular weight is 724 g/mol. The predicted molar refractivity (Wildman–Crippen MR) is 226 cm³/mol. The van der Waals surface area contributed by atoms with Crippen molar-refractivity contribution in [3.63, 3.8) is 0 Å². The molecule has 3 nitrogen and oxygen atoms in total. The van der Waals surface area contributed by atoms with E-state index in [1.54, 1.807) is 24.8 Å². The average Bonchev–Trinajstić information content (AvgIpc) is 3.28. The van der Waals surface area contributed by atoms with Crippen LogP contribution < -0.4 is 0 Å². The van der Waals surface area contributed by atoms with Gasteiger partial charge in [0, 0.05) is 16.7 Å². The van der Waals surface area contributed by atoms with Crippen LogP contribution in [0.15, 0.2) is 158 Å². The van der Waals surface area contributed by atoms with Gasteiger partial charge in [-0.25, -0.2) is 15.0 Å². The Kier molecular flexibility index (Phi) is 7.37. The van der Waals surface area contributed by atoms with Gasteiger partial charge in [-0.05, 0) is 124 Å². The molecule has 7 aliphatic rings. The summed E-state index contributed by atoms with van der Waals surface area (Å²) in [5.41, 5.74) is 12.2. The highest BCUT2D eigenvalue weighted by molar-refractivity contribution is 5.73. The second-order valence-electron chi connectivity index (χ2n) is 17.8. The smallest absolute Gasteiger partial charge is 0.164 e. The number of benzene rings is 6. The summed E-state index contributed by atoms with van der Waals surface area (Å²) in [6.45, 7) is 0. The van der Waals surface area contributed by atoms with Crippen LogP contribution in [0.5, 0.6) is 0 Å². The number of nitrogens with zero attached hydrogens (tertiary/aromatic N) is 3. The van der Waals surface area contributed by atoms with E-state index in [4.69, 9.17) is 15.0 Å². The molecule has 1 heterocycles. The zero-order valence-corrected chi connectivity index (χ0v) is 31.6. The first kappa shape index (κ1) is 32.6. The van der Waals surface area contributed by atoms with Crippen molar-refractivity contribution in [2.75, 3.05) is 0 Å². The van der Waals surface area contributed by atoms with Crippen LogP contribution in [0.2, 0.25) is 0 Å². The Morgan fingerprint density at radius 3 is 0.929 bits per heavy atom. The molecule has 0 unspecified atom stereocenters. The molecule has 56 heavy (non-hydrogen) atoms. The number of hydrogen-bond donors (Lipinski definition) is 0. The molecule has 14 rings (SSSR count). The molecule has 6 aromatic carbocycles. The van der Waals surface area contributed by atoms with Gasteiger partial charge in [-0.3, -0.25) is 0 Å².